The first kappa shape index (κ1) is 16.5. The third-order valence-corrected chi connectivity index (χ3v) is 5.89. The van der Waals surface area contributed by atoms with Crippen LogP contribution in [-0.4, -0.2) is 11.9 Å². The van der Waals surface area contributed by atoms with Crippen LogP contribution in [0.1, 0.15) is 41.6 Å². The molecule has 130 valence electrons. The SMILES string of the molecule is O=C(N[C@H]1C[C@H]2CC[C@@H]1C2)c1ccc(OCc2ccccc2Cl)cc1. The minimum atomic E-state index is 0.0233. The number of hydrogen-bond donors (Lipinski definition) is 1. The van der Waals surface area contributed by atoms with Crippen LogP contribution in [0.5, 0.6) is 5.75 Å². The van der Waals surface area contributed by atoms with Crippen molar-refractivity contribution in [2.75, 3.05) is 0 Å². The molecule has 0 unspecified atom stereocenters. The van der Waals surface area contributed by atoms with Crippen molar-refractivity contribution in [1.29, 1.82) is 0 Å². The molecule has 2 aliphatic carbocycles. The molecule has 0 saturated heterocycles. The average Bonchev–Trinajstić information content (AvgIpc) is 3.24. The highest BCUT2D eigenvalue weighted by Crippen LogP contribution is 2.44. The minimum Gasteiger partial charge on any atom is -0.489 e. The molecule has 3 atom stereocenters. The van der Waals surface area contributed by atoms with Crippen LogP contribution < -0.4 is 10.1 Å². The summed E-state index contributed by atoms with van der Waals surface area (Å²) in [7, 11) is 0. The Morgan fingerprint density at radius 1 is 1.08 bits per heavy atom. The first-order chi connectivity index (χ1) is 12.2. The average molecular weight is 356 g/mol. The minimum absolute atomic E-state index is 0.0233. The number of nitrogens with one attached hydrogen (secondary N) is 1. The van der Waals surface area contributed by atoms with E-state index in [1.807, 2.05) is 48.5 Å². The zero-order valence-electron chi connectivity index (χ0n) is 14.1. The van der Waals surface area contributed by atoms with Gasteiger partial charge in [-0.15, -0.1) is 0 Å². The van der Waals surface area contributed by atoms with Gasteiger partial charge in [0.1, 0.15) is 12.4 Å². The number of fused-ring (bicyclic) bond motifs is 2. The van der Waals surface area contributed by atoms with Gasteiger partial charge >= 0.3 is 0 Å². The molecule has 3 nitrogen and oxygen atoms in total. The quantitative estimate of drug-likeness (QED) is 0.833. The normalized spacial score (nSPS) is 24.3. The second-order valence-corrected chi connectivity index (χ2v) is 7.57. The number of carbonyl (C=O) groups excluding carboxylic acids is 1. The fraction of sp³-hybridized carbons (Fsp3) is 0.381. The third kappa shape index (κ3) is 3.67. The van der Waals surface area contributed by atoms with Gasteiger partial charge in [-0.1, -0.05) is 36.2 Å². The number of hydrogen-bond acceptors (Lipinski definition) is 2. The zero-order chi connectivity index (χ0) is 17.2. The van der Waals surface area contributed by atoms with Gasteiger partial charge < -0.3 is 10.1 Å². The lowest BCUT2D eigenvalue weighted by atomic mass is 9.95. The van der Waals surface area contributed by atoms with E-state index >= 15 is 0 Å². The maximum absolute atomic E-state index is 12.4. The van der Waals surface area contributed by atoms with E-state index in [0.717, 1.165) is 23.7 Å². The predicted octanol–water partition coefficient (Wildman–Crippen LogP) is 4.84. The lowest BCUT2D eigenvalue weighted by Gasteiger charge is -2.22. The fourth-order valence-corrected chi connectivity index (χ4v) is 4.34. The molecule has 2 aromatic carbocycles. The highest BCUT2D eigenvalue weighted by molar-refractivity contribution is 6.31. The van der Waals surface area contributed by atoms with Crippen molar-refractivity contribution in [3.05, 3.63) is 64.7 Å². The van der Waals surface area contributed by atoms with Gasteiger partial charge in [0.15, 0.2) is 0 Å². The summed E-state index contributed by atoms with van der Waals surface area (Å²) in [6, 6.07) is 15.3. The monoisotopic (exact) mass is 355 g/mol. The molecule has 0 radical (unpaired) electrons. The van der Waals surface area contributed by atoms with E-state index in [1.54, 1.807) is 0 Å². The molecule has 4 rings (SSSR count). The maximum Gasteiger partial charge on any atom is 0.251 e. The van der Waals surface area contributed by atoms with Gasteiger partial charge in [0.05, 0.1) is 0 Å². The lowest BCUT2D eigenvalue weighted by molar-refractivity contribution is 0.0923. The molecule has 0 spiro atoms. The second kappa shape index (κ2) is 7.09. The Morgan fingerprint density at radius 3 is 2.56 bits per heavy atom. The van der Waals surface area contributed by atoms with Crippen molar-refractivity contribution in [3.63, 3.8) is 0 Å². The van der Waals surface area contributed by atoms with Gasteiger partial charge in [-0.3, -0.25) is 4.79 Å². The largest absolute Gasteiger partial charge is 0.489 e. The molecule has 2 fully saturated rings. The Kier molecular flexibility index (Phi) is 4.67. The first-order valence-electron chi connectivity index (χ1n) is 8.96. The molecule has 0 aromatic heterocycles. The molecule has 25 heavy (non-hydrogen) atoms. The molecule has 2 bridgehead atoms. The number of amides is 1. The van der Waals surface area contributed by atoms with Crippen LogP contribution in [0.4, 0.5) is 0 Å². The van der Waals surface area contributed by atoms with Crippen LogP contribution in [0.2, 0.25) is 5.02 Å². The van der Waals surface area contributed by atoms with Crippen molar-refractivity contribution in [2.45, 2.75) is 38.3 Å². The molecule has 1 amide bonds. The molecular formula is C21H22ClNO2. The summed E-state index contributed by atoms with van der Waals surface area (Å²) in [5.41, 5.74) is 1.63. The zero-order valence-corrected chi connectivity index (χ0v) is 14.8. The topological polar surface area (TPSA) is 38.3 Å². The van der Waals surface area contributed by atoms with Crippen LogP contribution in [0.15, 0.2) is 48.5 Å². The summed E-state index contributed by atoms with van der Waals surface area (Å²) < 4.78 is 5.77. The van der Waals surface area contributed by atoms with Crippen molar-refractivity contribution in [3.8, 4) is 5.75 Å². The summed E-state index contributed by atoms with van der Waals surface area (Å²) in [5, 5.41) is 3.91. The summed E-state index contributed by atoms with van der Waals surface area (Å²) in [6.45, 7) is 0.413. The summed E-state index contributed by atoms with van der Waals surface area (Å²) >= 11 is 6.13. The van der Waals surface area contributed by atoms with Gasteiger partial charge in [0.25, 0.3) is 5.91 Å². The van der Waals surface area contributed by atoms with E-state index in [-0.39, 0.29) is 5.91 Å². The van der Waals surface area contributed by atoms with Crippen molar-refractivity contribution < 1.29 is 9.53 Å². The fourth-order valence-electron chi connectivity index (χ4n) is 4.15. The predicted molar refractivity (Wildman–Crippen MR) is 98.9 cm³/mol. The van der Waals surface area contributed by atoms with Crippen LogP contribution in [0, 0.1) is 11.8 Å². The van der Waals surface area contributed by atoms with Gasteiger partial charge in [-0.25, -0.2) is 0 Å². The highest BCUT2D eigenvalue weighted by Gasteiger charge is 2.40. The first-order valence-corrected chi connectivity index (χ1v) is 9.34. The van der Waals surface area contributed by atoms with Crippen LogP contribution in [0.3, 0.4) is 0 Å². The van der Waals surface area contributed by atoms with E-state index in [9.17, 15) is 4.79 Å². The number of carbonyl (C=O) groups is 1. The Morgan fingerprint density at radius 2 is 1.88 bits per heavy atom. The molecular weight excluding hydrogens is 334 g/mol. The van der Waals surface area contributed by atoms with E-state index in [4.69, 9.17) is 16.3 Å². The molecule has 2 saturated carbocycles. The van der Waals surface area contributed by atoms with E-state index in [2.05, 4.69) is 5.32 Å². The third-order valence-electron chi connectivity index (χ3n) is 5.52. The Labute approximate surface area is 153 Å². The van der Waals surface area contributed by atoms with Crippen molar-refractivity contribution in [2.24, 2.45) is 11.8 Å². The number of ether oxygens (including phenoxy) is 1. The van der Waals surface area contributed by atoms with Gasteiger partial charge in [-0.05, 0) is 61.4 Å². The van der Waals surface area contributed by atoms with E-state index in [0.29, 0.717) is 29.2 Å². The van der Waals surface area contributed by atoms with Gasteiger partial charge in [0, 0.05) is 22.2 Å². The Bertz CT molecular complexity index is 759. The molecule has 2 aliphatic rings. The standard InChI is InChI=1S/C21H22ClNO2/c22-19-4-2-1-3-17(19)13-25-18-9-7-15(8-10-18)21(24)23-20-12-14-5-6-16(20)11-14/h1-4,7-10,14,16,20H,5-6,11-13H2,(H,23,24)/t14-,16+,20-/m0/s1. The Hall–Kier alpha value is -2.00. The number of benzene rings is 2. The van der Waals surface area contributed by atoms with Gasteiger partial charge in [-0.2, -0.15) is 0 Å². The van der Waals surface area contributed by atoms with Crippen LogP contribution in [-0.2, 0) is 6.61 Å². The molecule has 1 N–H and O–H groups in total. The molecule has 0 heterocycles. The summed E-state index contributed by atoms with van der Waals surface area (Å²) in [5.74, 6) is 2.27. The molecule has 0 aliphatic heterocycles. The van der Waals surface area contributed by atoms with Crippen molar-refractivity contribution in [1.82, 2.24) is 5.32 Å². The summed E-state index contributed by atoms with van der Waals surface area (Å²) in [6.07, 6.45) is 5.05. The lowest BCUT2D eigenvalue weighted by Crippen LogP contribution is -2.38. The van der Waals surface area contributed by atoms with E-state index in [1.165, 1.54) is 19.3 Å². The molecule has 4 heteroatoms. The molecule has 2 aromatic rings. The second-order valence-electron chi connectivity index (χ2n) is 7.16. The van der Waals surface area contributed by atoms with Crippen LogP contribution in [0.25, 0.3) is 0 Å². The van der Waals surface area contributed by atoms with Crippen molar-refractivity contribution >= 4 is 17.5 Å². The van der Waals surface area contributed by atoms with Gasteiger partial charge in [0.2, 0.25) is 0 Å². The van der Waals surface area contributed by atoms with Crippen LogP contribution >= 0.6 is 11.6 Å². The van der Waals surface area contributed by atoms with E-state index < -0.39 is 0 Å². The highest BCUT2D eigenvalue weighted by atomic mass is 35.5. The smallest absolute Gasteiger partial charge is 0.251 e. The maximum atomic E-state index is 12.4. The summed E-state index contributed by atoms with van der Waals surface area (Å²) in [4.78, 5) is 12.4. The number of halogens is 1. The Balaban J connectivity index is 1.33. The number of rotatable bonds is 5.